The van der Waals surface area contributed by atoms with E-state index in [1.54, 1.807) is 10.8 Å². The lowest BCUT2D eigenvalue weighted by Crippen LogP contribution is -2.34. The van der Waals surface area contributed by atoms with Crippen LogP contribution in [0.25, 0.3) is 11.2 Å². The van der Waals surface area contributed by atoms with Crippen molar-refractivity contribution in [2.24, 2.45) is 0 Å². The highest BCUT2D eigenvalue weighted by Crippen LogP contribution is 2.38. The van der Waals surface area contributed by atoms with Crippen LogP contribution in [0, 0.1) is 0 Å². The maximum Gasteiger partial charge on any atom is 0.245 e. The molecule has 0 unspecified atom stereocenters. The number of para-hydroxylation sites is 1. The van der Waals surface area contributed by atoms with Crippen molar-refractivity contribution in [3.63, 3.8) is 0 Å². The second kappa shape index (κ2) is 7.17. The molecule has 1 saturated heterocycles. The van der Waals surface area contributed by atoms with E-state index in [2.05, 4.69) is 20.3 Å². The highest BCUT2D eigenvalue weighted by Gasteiger charge is 2.27. The summed E-state index contributed by atoms with van der Waals surface area (Å²) >= 11 is 0. The quantitative estimate of drug-likeness (QED) is 0.508. The fourth-order valence-electron chi connectivity index (χ4n) is 4.18. The number of hydrogen-bond acceptors (Lipinski definition) is 8. The van der Waals surface area contributed by atoms with Gasteiger partial charge >= 0.3 is 0 Å². The smallest absolute Gasteiger partial charge is 0.245 e. The molecular weight excluding hydrogens is 398 g/mol. The Morgan fingerprint density at radius 3 is 3.10 bits per heavy atom. The molecule has 2 aliphatic heterocycles. The van der Waals surface area contributed by atoms with Gasteiger partial charge in [-0.25, -0.2) is 9.50 Å². The molecule has 3 aromatic heterocycles. The summed E-state index contributed by atoms with van der Waals surface area (Å²) in [6, 6.07) is 9.68. The molecule has 1 fully saturated rings. The third-order valence-electron chi connectivity index (χ3n) is 5.71. The van der Waals surface area contributed by atoms with Gasteiger partial charge in [0.2, 0.25) is 12.7 Å². The van der Waals surface area contributed by atoms with Crippen LogP contribution in [-0.4, -0.2) is 55.2 Å². The predicted molar refractivity (Wildman–Crippen MR) is 113 cm³/mol. The average molecular weight is 419 g/mol. The Bertz CT molecular complexity index is 1250. The lowest BCUT2D eigenvalue weighted by Gasteiger charge is -2.23. The lowest BCUT2D eigenvalue weighted by atomic mass is 10.2. The summed E-state index contributed by atoms with van der Waals surface area (Å²) in [5.74, 6) is 3.31. The number of nitrogens with one attached hydrogen (secondary N) is 1. The van der Waals surface area contributed by atoms with E-state index in [1.807, 2.05) is 47.3 Å². The molecule has 6 rings (SSSR count). The standard InChI is InChI=1S/C21H21N7O3/c29-11-14-4-2-8-27(14)21-24-20(16-6-3-9-28(16)25-21)23-18-10-26(12-22-18)15-5-1-7-17-19(15)31-13-30-17/h1,3,5-7,9-10,12,14,29H,2,4,8,11,13H2,(H,23,24,25)/t14-/m0/s1. The second-order valence-corrected chi connectivity index (χ2v) is 7.57. The Morgan fingerprint density at radius 1 is 1.19 bits per heavy atom. The van der Waals surface area contributed by atoms with Crippen LogP contribution in [0.15, 0.2) is 49.1 Å². The summed E-state index contributed by atoms with van der Waals surface area (Å²) in [5, 5.41) is 17.7. The van der Waals surface area contributed by atoms with Gasteiger partial charge in [-0.1, -0.05) is 6.07 Å². The van der Waals surface area contributed by atoms with E-state index in [0.717, 1.165) is 36.3 Å². The maximum absolute atomic E-state index is 9.70. The Balaban J connectivity index is 1.34. The molecule has 0 spiro atoms. The van der Waals surface area contributed by atoms with Crippen molar-refractivity contribution in [1.29, 1.82) is 0 Å². The monoisotopic (exact) mass is 419 g/mol. The minimum absolute atomic E-state index is 0.0439. The Labute approximate surface area is 177 Å². The number of nitrogens with zero attached hydrogens (tertiary/aromatic N) is 6. The number of imidazole rings is 1. The first-order valence-electron chi connectivity index (χ1n) is 10.2. The van der Waals surface area contributed by atoms with Crippen LogP contribution in [0.2, 0.25) is 0 Å². The first-order valence-corrected chi connectivity index (χ1v) is 10.2. The zero-order chi connectivity index (χ0) is 20.8. The third-order valence-corrected chi connectivity index (χ3v) is 5.71. The van der Waals surface area contributed by atoms with Crippen molar-refractivity contribution in [2.75, 3.05) is 30.2 Å². The number of aromatic nitrogens is 5. The van der Waals surface area contributed by atoms with Gasteiger partial charge in [0.1, 0.15) is 17.7 Å². The topological polar surface area (TPSA) is 102 Å². The first kappa shape index (κ1) is 18.0. The highest BCUT2D eigenvalue weighted by molar-refractivity contribution is 5.73. The van der Waals surface area contributed by atoms with Crippen LogP contribution in [-0.2, 0) is 0 Å². The molecule has 0 amide bonds. The minimum Gasteiger partial charge on any atom is -0.454 e. The van der Waals surface area contributed by atoms with Gasteiger partial charge in [-0.3, -0.25) is 0 Å². The van der Waals surface area contributed by atoms with E-state index < -0.39 is 0 Å². The third kappa shape index (κ3) is 3.03. The van der Waals surface area contributed by atoms with E-state index in [1.165, 1.54) is 0 Å². The summed E-state index contributed by atoms with van der Waals surface area (Å²) in [4.78, 5) is 11.3. The zero-order valence-electron chi connectivity index (χ0n) is 16.7. The first-order chi connectivity index (χ1) is 15.3. The van der Waals surface area contributed by atoms with Crippen molar-refractivity contribution in [2.45, 2.75) is 18.9 Å². The molecule has 0 saturated carbocycles. The number of benzene rings is 1. The van der Waals surface area contributed by atoms with E-state index in [-0.39, 0.29) is 19.4 Å². The molecule has 2 aliphatic rings. The fourth-order valence-corrected chi connectivity index (χ4v) is 4.18. The summed E-state index contributed by atoms with van der Waals surface area (Å²) in [6.45, 7) is 1.13. The van der Waals surface area contributed by atoms with Crippen molar-refractivity contribution in [3.05, 3.63) is 49.1 Å². The molecule has 2 N–H and O–H groups in total. The number of ether oxygens (including phenoxy) is 2. The molecule has 5 heterocycles. The van der Waals surface area contributed by atoms with Gasteiger partial charge in [-0.15, -0.1) is 5.10 Å². The van der Waals surface area contributed by atoms with Crippen molar-refractivity contribution < 1.29 is 14.6 Å². The summed E-state index contributed by atoms with van der Waals surface area (Å²) < 4.78 is 14.8. The van der Waals surface area contributed by atoms with Gasteiger partial charge < -0.3 is 29.4 Å². The molecule has 0 aliphatic carbocycles. The van der Waals surface area contributed by atoms with E-state index in [4.69, 9.17) is 14.5 Å². The van der Waals surface area contributed by atoms with Gasteiger partial charge in [0.25, 0.3) is 0 Å². The second-order valence-electron chi connectivity index (χ2n) is 7.57. The zero-order valence-corrected chi connectivity index (χ0v) is 16.7. The van der Waals surface area contributed by atoms with Crippen LogP contribution in [0.4, 0.5) is 17.6 Å². The van der Waals surface area contributed by atoms with E-state index >= 15 is 0 Å². The molecule has 10 nitrogen and oxygen atoms in total. The van der Waals surface area contributed by atoms with E-state index in [0.29, 0.717) is 23.3 Å². The average Bonchev–Trinajstić information content (AvgIpc) is 3.59. The van der Waals surface area contributed by atoms with Crippen molar-refractivity contribution >= 4 is 23.1 Å². The molecule has 1 aromatic carbocycles. The largest absolute Gasteiger partial charge is 0.454 e. The molecule has 158 valence electrons. The van der Waals surface area contributed by atoms with Gasteiger partial charge in [0, 0.05) is 12.7 Å². The fraction of sp³-hybridized carbons (Fsp3) is 0.286. The molecule has 10 heteroatoms. The lowest BCUT2D eigenvalue weighted by molar-refractivity contribution is 0.174. The van der Waals surface area contributed by atoms with Crippen LogP contribution in [0.5, 0.6) is 11.5 Å². The number of anilines is 3. The van der Waals surface area contributed by atoms with Gasteiger partial charge in [0.15, 0.2) is 17.3 Å². The summed E-state index contributed by atoms with van der Waals surface area (Å²) in [5.41, 5.74) is 1.70. The van der Waals surface area contributed by atoms with Crippen LogP contribution >= 0.6 is 0 Å². The molecule has 31 heavy (non-hydrogen) atoms. The van der Waals surface area contributed by atoms with Gasteiger partial charge in [-0.05, 0) is 37.1 Å². The number of aliphatic hydroxyl groups excluding tert-OH is 1. The SMILES string of the molecule is OC[C@@H]1CCCN1c1nc(Nc2cn(-c3cccc4c3OCO4)cn2)c2cccn2n1. The highest BCUT2D eigenvalue weighted by atomic mass is 16.7. The molecule has 0 bridgehead atoms. The summed E-state index contributed by atoms with van der Waals surface area (Å²) in [6.07, 6.45) is 7.44. The maximum atomic E-state index is 9.70. The number of aliphatic hydroxyl groups is 1. The number of fused-ring (bicyclic) bond motifs is 2. The van der Waals surface area contributed by atoms with Gasteiger partial charge in [-0.2, -0.15) is 4.98 Å². The predicted octanol–water partition coefficient (Wildman–Crippen LogP) is 2.35. The Morgan fingerprint density at radius 2 is 2.16 bits per heavy atom. The molecule has 1 atom stereocenters. The Kier molecular flexibility index (Phi) is 4.17. The van der Waals surface area contributed by atoms with Crippen molar-refractivity contribution in [1.82, 2.24) is 24.1 Å². The normalized spacial score (nSPS) is 17.6. The number of rotatable bonds is 5. The van der Waals surface area contributed by atoms with E-state index in [9.17, 15) is 5.11 Å². The molecular formula is C21H21N7O3. The summed E-state index contributed by atoms with van der Waals surface area (Å²) in [7, 11) is 0. The number of hydrogen-bond donors (Lipinski definition) is 2. The van der Waals surface area contributed by atoms with Crippen molar-refractivity contribution in [3.8, 4) is 17.2 Å². The van der Waals surface area contributed by atoms with Crippen LogP contribution in [0.1, 0.15) is 12.8 Å². The van der Waals surface area contributed by atoms with Crippen LogP contribution in [0.3, 0.4) is 0 Å². The molecule has 4 aromatic rings. The Hall–Kier alpha value is -3.79. The van der Waals surface area contributed by atoms with Crippen LogP contribution < -0.4 is 19.7 Å². The van der Waals surface area contributed by atoms with Gasteiger partial charge in [0.05, 0.1) is 24.5 Å². The minimum atomic E-state index is 0.0439. The molecule has 0 radical (unpaired) electrons.